The van der Waals surface area contributed by atoms with E-state index in [0.717, 1.165) is 36.4 Å². The Hall–Kier alpha value is -3.05. The maximum atomic E-state index is 13.1. The Bertz CT molecular complexity index is 1430. The van der Waals surface area contributed by atoms with Crippen molar-refractivity contribution in [2.75, 3.05) is 25.0 Å². The molecule has 1 saturated heterocycles. The summed E-state index contributed by atoms with van der Waals surface area (Å²) in [6.07, 6.45) is 2.36. The molecule has 0 unspecified atom stereocenters. The molecule has 3 heterocycles. The highest BCUT2D eigenvalue weighted by Gasteiger charge is 2.30. The summed E-state index contributed by atoms with van der Waals surface area (Å²) in [5, 5.41) is 3.29. The second-order valence-electron chi connectivity index (χ2n) is 10.1. The highest BCUT2D eigenvalue weighted by molar-refractivity contribution is 7.89. The largest absolute Gasteiger partial charge is 0.365 e. The zero-order valence-electron chi connectivity index (χ0n) is 21.4. The molecule has 0 bridgehead atoms. The minimum Gasteiger partial charge on any atom is -0.365 e. The Morgan fingerprint density at radius 1 is 1.03 bits per heavy atom. The van der Waals surface area contributed by atoms with Crippen LogP contribution in [0.5, 0.6) is 0 Å². The molecule has 0 radical (unpaired) electrons. The van der Waals surface area contributed by atoms with E-state index in [9.17, 15) is 18.0 Å². The lowest BCUT2D eigenvalue weighted by Crippen LogP contribution is -2.37. The summed E-state index contributed by atoms with van der Waals surface area (Å²) in [6, 6.07) is 16.2. The van der Waals surface area contributed by atoms with E-state index < -0.39 is 21.8 Å². The number of nitrogens with zero attached hydrogens (tertiary/aromatic N) is 2. The van der Waals surface area contributed by atoms with Crippen LogP contribution >= 0.6 is 11.3 Å². The average Bonchev–Trinajstić information content (AvgIpc) is 3.27. The number of primary amides is 1. The van der Waals surface area contributed by atoms with Crippen LogP contribution in [0.4, 0.5) is 5.00 Å². The van der Waals surface area contributed by atoms with Crippen LogP contribution in [0, 0.1) is 5.92 Å². The molecule has 2 aliphatic heterocycles. The highest BCUT2D eigenvalue weighted by Crippen LogP contribution is 2.37. The lowest BCUT2D eigenvalue weighted by molar-refractivity contribution is 0.0999. The van der Waals surface area contributed by atoms with Gasteiger partial charge in [-0.1, -0.05) is 37.3 Å². The van der Waals surface area contributed by atoms with Crippen LogP contribution in [0.25, 0.3) is 0 Å². The van der Waals surface area contributed by atoms with Gasteiger partial charge in [0.15, 0.2) is 0 Å². The van der Waals surface area contributed by atoms with Crippen molar-refractivity contribution in [3.05, 3.63) is 81.7 Å². The first kappa shape index (κ1) is 26.6. The Kier molecular flexibility index (Phi) is 7.67. The van der Waals surface area contributed by atoms with Gasteiger partial charge in [0.1, 0.15) is 5.00 Å². The predicted molar refractivity (Wildman–Crippen MR) is 149 cm³/mol. The number of rotatable bonds is 7. The lowest BCUT2D eigenvalue weighted by atomic mass is 10.0. The van der Waals surface area contributed by atoms with Gasteiger partial charge >= 0.3 is 0 Å². The molecule has 0 spiro atoms. The van der Waals surface area contributed by atoms with Crippen molar-refractivity contribution >= 4 is 38.2 Å². The zero-order chi connectivity index (χ0) is 26.9. The number of fused-ring (bicyclic) bond motifs is 1. The van der Waals surface area contributed by atoms with Crippen LogP contribution in [0.3, 0.4) is 0 Å². The number of nitrogens with two attached hydrogens (primary N) is 1. The number of hydrogen-bond donors (Lipinski definition) is 2. The molecule has 0 atom stereocenters. The van der Waals surface area contributed by atoms with Crippen LogP contribution in [0.2, 0.25) is 0 Å². The van der Waals surface area contributed by atoms with E-state index in [-0.39, 0.29) is 4.90 Å². The van der Waals surface area contributed by atoms with Gasteiger partial charge in [-0.25, -0.2) is 8.42 Å². The van der Waals surface area contributed by atoms with E-state index in [1.165, 1.54) is 45.5 Å². The maximum absolute atomic E-state index is 13.1. The molecule has 2 aromatic carbocycles. The molecule has 200 valence electrons. The van der Waals surface area contributed by atoms with E-state index in [1.807, 2.05) is 18.2 Å². The van der Waals surface area contributed by atoms with Gasteiger partial charge in [-0.3, -0.25) is 14.5 Å². The van der Waals surface area contributed by atoms with Crippen LogP contribution in [-0.2, 0) is 29.5 Å². The van der Waals surface area contributed by atoms with E-state index in [0.29, 0.717) is 48.1 Å². The number of thiophene rings is 1. The van der Waals surface area contributed by atoms with E-state index in [4.69, 9.17) is 5.73 Å². The molecule has 10 heteroatoms. The van der Waals surface area contributed by atoms with Crippen LogP contribution in [-0.4, -0.2) is 49.1 Å². The molecule has 8 nitrogen and oxygen atoms in total. The Morgan fingerprint density at radius 2 is 1.71 bits per heavy atom. The standard InChI is InChI=1S/C28H32N4O4S2/c1-19-11-15-32(16-12-19)38(35,36)22-9-7-21(8-10-22)27(34)30-28-25(26(29)33)23-13-14-31(18-24(23)37-28)17-20-5-3-2-4-6-20/h2-10,19H,11-18H2,1H3,(H2,29,33)(H,30,34). The van der Waals surface area contributed by atoms with Crippen molar-refractivity contribution in [3.63, 3.8) is 0 Å². The number of piperidine rings is 1. The number of carbonyl (C=O) groups excluding carboxylic acids is 2. The van der Waals surface area contributed by atoms with Crippen LogP contribution in [0.15, 0.2) is 59.5 Å². The van der Waals surface area contributed by atoms with Crippen LogP contribution in [0.1, 0.15) is 56.5 Å². The van der Waals surface area contributed by atoms with Crippen molar-refractivity contribution in [1.82, 2.24) is 9.21 Å². The maximum Gasteiger partial charge on any atom is 0.256 e. The van der Waals surface area contributed by atoms with Crippen molar-refractivity contribution in [2.24, 2.45) is 11.7 Å². The van der Waals surface area contributed by atoms with Crippen molar-refractivity contribution in [2.45, 2.75) is 44.2 Å². The predicted octanol–water partition coefficient (Wildman–Crippen LogP) is 4.08. The first-order chi connectivity index (χ1) is 18.2. The van der Waals surface area contributed by atoms with E-state index >= 15 is 0 Å². The fraction of sp³-hybridized carbons (Fsp3) is 0.357. The quantitative estimate of drug-likeness (QED) is 0.459. The first-order valence-corrected chi connectivity index (χ1v) is 15.1. The summed E-state index contributed by atoms with van der Waals surface area (Å²) in [6.45, 7) is 5.41. The van der Waals surface area contributed by atoms with E-state index in [2.05, 4.69) is 29.3 Å². The summed E-state index contributed by atoms with van der Waals surface area (Å²) in [5.41, 5.74) is 8.54. The molecule has 0 aliphatic carbocycles. The number of hydrogen-bond acceptors (Lipinski definition) is 6. The van der Waals surface area contributed by atoms with Gasteiger partial charge in [0.25, 0.3) is 11.8 Å². The van der Waals surface area contributed by atoms with Gasteiger partial charge < -0.3 is 11.1 Å². The molecule has 3 N–H and O–H groups in total. The second kappa shape index (κ2) is 11.0. The minimum absolute atomic E-state index is 0.173. The van der Waals surface area contributed by atoms with Gasteiger partial charge in [-0.15, -0.1) is 11.3 Å². The Labute approximate surface area is 227 Å². The second-order valence-corrected chi connectivity index (χ2v) is 13.1. The van der Waals surface area contributed by atoms with Gasteiger partial charge in [0, 0.05) is 43.2 Å². The van der Waals surface area contributed by atoms with Gasteiger partial charge in [0.05, 0.1) is 10.5 Å². The summed E-state index contributed by atoms with van der Waals surface area (Å²) in [4.78, 5) is 28.9. The number of nitrogens with one attached hydrogen (secondary N) is 1. The third kappa shape index (κ3) is 5.54. The summed E-state index contributed by atoms with van der Waals surface area (Å²) in [5.74, 6) is -0.456. The molecular weight excluding hydrogens is 520 g/mol. The molecule has 3 aromatic rings. The number of amides is 2. The fourth-order valence-corrected chi connectivity index (χ4v) is 7.87. The minimum atomic E-state index is -3.60. The number of carbonyl (C=O) groups is 2. The zero-order valence-corrected chi connectivity index (χ0v) is 23.0. The van der Waals surface area contributed by atoms with Crippen molar-refractivity contribution in [1.29, 1.82) is 0 Å². The summed E-state index contributed by atoms with van der Waals surface area (Å²) in [7, 11) is -3.60. The monoisotopic (exact) mass is 552 g/mol. The smallest absolute Gasteiger partial charge is 0.256 e. The third-order valence-electron chi connectivity index (χ3n) is 7.36. The van der Waals surface area contributed by atoms with Crippen LogP contribution < -0.4 is 11.1 Å². The number of anilines is 1. The summed E-state index contributed by atoms with van der Waals surface area (Å²) < 4.78 is 27.5. The molecule has 38 heavy (non-hydrogen) atoms. The topological polar surface area (TPSA) is 113 Å². The van der Waals surface area contributed by atoms with Gasteiger partial charge in [-0.05, 0) is 60.6 Å². The van der Waals surface area contributed by atoms with E-state index in [1.54, 1.807) is 0 Å². The highest BCUT2D eigenvalue weighted by atomic mass is 32.2. The number of sulfonamides is 1. The average molecular weight is 553 g/mol. The molecular formula is C28H32N4O4S2. The number of benzene rings is 2. The fourth-order valence-electron chi connectivity index (χ4n) is 5.11. The normalized spacial score (nSPS) is 17.2. The SMILES string of the molecule is CC1CCN(S(=O)(=O)c2ccc(C(=O)Nc3sc4c(c3C(N)=O)CCN(Cc3ccccc3)C4)cc2)CC1. The van der Waals surface area contributed by atoms with Gasteiger partial charge in [0.2, 0.25) is 10.0 Å². The Morgan fingerprint density at radius 3 is 2.37 bits per heavy atom. The molecule has 1 aromatic heterocycles. The third-order valence-corrected chi connectivity index (χ3v) is 10.4. The molecule has 2 amide bonds. The lowest BCUT2D eigenvalue weighted by Gasteiger charge is -2.29. The summed E-state index contributed by atoms with van der Waals surface area (Å²) >= 11 is 1.38. The molecule has 2 aliphatic rings. The molecule has 5 rings (SSSR count). The van der Waals surface area contributed by atoms with Crippen molar-refractivity contribution in [3.8, 4) is 0 Å². The van der Waals surface area contributed by atoms with Gasteiger partial charge in [-0.2, -0.15) is 4.31 Å². The Balaban J connectivity index is 1.30. The van der Waals surface area contributed by atoms with Crippen molar-refractivity contribution < 1.29 is 18.0 Å². The first-order valence-electron chi connectivity index (χ1n) is 12.8. The molecule has 0 saturated carbocycles. The molecule has 1 fully saturated rings.